The standard InChI is InChI=1S/C14H18N2O3/c1-19-12-4-2-3-10(7-12)13(17)9-16-6-5-11(8-16)14(15)18/h2-4,7,11H,5-6,8-9H2,1H3,(H2,15,18). The lowest BCUT2D eigenvalue weighted by Crippen LogP contribution is -2.31. The monoisotopic (exact) mass is 262 g/mol. The molecule has 1 saturated heterocycles. The predicted molar refractivity (Wildman–Crippen MR) is 71.1 cm³/mol. The zero-order valence-electron chi connectivity index (χ0n) is 11.0. The Balaban J connectivity index is 1.96. The smallest absolute Gasteiger partial charge is 0.221 e. The summed E-state index contributed by atoms with van der Waals surface area (Å²) in [5.74, 6) is 0.292. The number of primary amides is 1. The Labute approximate surface area is 112 Å². The maximum Gasteiger partial charge on any atom is 0.221 e. The van der Waals surface area contributed by atoms with E-state index in [4.69, 9.17) is 10.5 Å². The molecule has 1 atom stereocenters. The Hall–Kier alpha value is -1.88. The van der Waals surface area contributed by atoms with E-state index in [1.54, 1.807) is 31.4 Å². The van der Waals surface area contributed by atoms with Gasteiger partial charge in [0.25, 0.3) is 0 Å². The molecule has 1 fully saturated rings. The molecule has 5 nitrogen and oxygen atoms in total. The van der Waals surface area contributed by atoms with Crippen LogP contribution in [0, 0.1) is 5.92 Å². The summed E-state index contributed by atoms with van der Waals surface area (Å²) in [6.45, 7) is 1.63. The first kappa shape index (κ1) is 13.5. The number of ketones is 1. The van der Waals surface area contributed by atoms with Crippen molar-refractivity contribution >= 4 is 11.7 Å². The molecule has 2 rings (SSSR count). The lowest BCUT2D eigenvalue weighted by atomic mass is 10.1. The molecule has 0 spiro atoms. The molecule has 1 aromatic carbocycles. The van der Waals surface area contributed by atoms with E-state index in [0.29, 0.717) is 24.4 Å². The number of hydrogen-bond acceptors (Lipinski definition) is 4. The highest BCUT2D eigenvalue weighted by atomic mass is 16.5. The number of hydrogen-bond donors (Lipinski definition) is 1. The van der Waals surface area contributed by atoms with Crippen LogP contribution in [0.25, 0.3) is 0 Å². The van der Waals surface area contributed by atoms with Crippen molar-refractivity contribution in [3.8, 4) is 5.75 Å². The number of nitrogens with zero attached hydrogens (tertiary/aromatic N) is 1. The van der Waals surface area contributed by atoms with E-state index >= 15 is 0 Å². The average Bonchev–Trinajstić information content (AvgIpc) is 2.87. The zero-order chi connectivity index (χ0) is 13.8. The maximum absolute atomic E-state index is 12.1. The average molecular weight is 262 g/mol. The maximum atomic E-state index is 12.1. The second-order valence-corrected chi connectivity index (χ2v) is 4.78. The molecule has 0 aliphatic carbocycles. The first-order valence-electron chi connectivity index (χ1n) is 6.29. The molecule has 0 aromatic heterocycles. The fourth-order valence-electron chi connectivity index (χ4n) is 2.30. The van der Waals surface area contributed by atoms with Crippen molar-refractivity contribution in [2.45, 2.75) is 6.42 Å². The van der Waals surface area contributed by atoms with Gasteiger partial charge < -0.3 is 10.5 Å². The third-order valence-electron chi connectivity index (χ3n) is 3.43. The van der Waals surface area contributed by atoms with Gasteiger partial charge in [-0.2, -0.15) is 0 Å². The molecule has 1 aliphatic heterocycles. The topological polar surface area (TPSA) is 72.6 Å². The van der Waals surface area contributed by atoms with Crippen molar-refractivity contribution in [3.63, 3.8) is 0 Å². The number of ether oxygens (including phenoxy) is 1. The van der Waals surface area contributed by atoms with Crippen molar-refractivity contribution in [1.29, 1.82) is 0 Å². The molecule has 1 amide bonds. The van der Waals surface area contributed by atoms with E-state index in [1.807, 2.05) is 4.90 Å². The highest BCUT2D eigenvalue weighted by molar-refractivity contribution is 5.98. The summed E-state index contributed by atoms with van der Waals surface area (Å²) < 4.78 is 5.10. The Morgan fingerprint density at radius 1 is 1.47 bits per heavy atom. The molecule has 19 heavy (non-hydrogen) atoms. The highest BCUT2D eigenvalue weighted by Crippen LogP contribution is 2.17. The molecule has 1 aliphatic rings. The van der Waals surface area contributed by atoms with Crippen LogP contribution in [0.1, 0.15) is 16.8 Å². The molecule has 1 aromatic rings. The number of amides is 1. The van der Waals surface area contributed by atoms with E-state index in [-0.39, 0.29) is 17.6 Å². The van der Waals surface area contributed by atoms with Crippen LogP contribution in [0.3, 0.4) is 0 Å². The van der Waals surface area contributed by atoms with Crippen molar-refractivity contribution < 1.29 is 14.3 Å². The largest absolute Gasteiger partial charge is 0.497 e. The van der Waals surface area contributed by atoms with Gasteiger partial charge in [0.15, 0.2) is 5.78 Å². The number of Topliss-reactive ketones (excluding diaryl/α,β-unsaturated/α-hetero) is 1. The summed E-state index contributed by atoms with van der Waals surface area (Å²) >= 11 is 0. The normalized spacial score (nSPS) is 19.3. The van der Waals surface area contributed by atoms with E-state index in [0.717, 1.165) is 13.0 Å². The van der Waals surface area contributed by atoms with Crippen LogP contribution in [0.5, 0.6) is 5.75 Å². The van der Waals surface area contributed by atoms with Gasteiger partial charge in [-0.1, -0.05) is 12.1 Å². The van der Waals surface area contributed by atoms with Gasteiger partial charge in [-0.05, 0) is 25.1 Å². The highest BCUT2D eigenvalue weighted by Gasteiger charge is 2.27. The number of nitrogens with two attached hydrogens (primary N) is 1. The minimum absolute atomic E-state index is 0.0315. The molecule has 5 heteroatoms. The van der Waals surface area contributed by atoms with Crippen molar-refractivity contribution in [1.82, 2.24) is 4.90 Å². The third-order valence-corrected chi connectivity index (χ3v) is 3.43. The molecule has 0 bridgehead atoms. The van der Waals surface area contributed by atoms with E-state index in [2.05, 4.69) is 0 Å². The van der Waals surface area contributed by atoms with Gasteiger partial charge >= 0.3 is 0 Å². The first-order valence-corrected chi connectivity index (χ1v) is 6.29. The SMILES string of the molecule is COc1cccc(C(=O)CN2CCC(C(N)=O)C2)c1. The minimum atomic E-state index is -0.281. The van der Waals surface area contributed by atoms with Gasteiger partial charge in [-0.15, -0.1) is 0 Å². The van der Waals surface area contributed by atoms with Gasteiger partial charge in [0, 0.05) is 12.1 Å². The second kappa shape index (κ2) is 5.84. The van der Waals surface area contributed by atoms with Crippen molar-refractivity contribution in [2.24, 2.45) is 11.7 Å². The molecule has 0 saturated carbocycles. The van der Waals surface area contributed by atoms with E-state index < -0.39 is 0 Å². The summed E-state index contributed by atoms with van der Waals surface area (Å²) in [5, 5.41) is 0. The summed E-state index contributed by atoms with van der Waals surface area (Å²) in [7, 11) is 1.57. The molecule has 2 N–H and O–H groups in total. The van der Waals surface area contributed by atoms with Gasteiger partial charge in [-0.3, -0.25) is 14.5 Å². The number of methoxy groups -OCH3 is 1. The van der Waals surface area contributed by atoms with Crippen LogP contribution in [0.4, 0.5) is 0 Å². The lowest BCUT2D eigenvalue weighted by molar-refractivity contribution is -0.121. The zero-order valence-corrected chi connectivity index (χ0v) is 11.0. The van der Waals surface area contributed by atoms with Gasteiger partial charge in [-0.25, -0.2) is 0 Å². The molecule has 1 heterocycles. The fraction of sp³-hybridized carbons (Fsp3) is 0.429. The summed E-state index contributed by atoms with van der Waals surface area (Å²) in [5.41, 5.74) is 5.90. The second-order valence-electron chi connectivity index (χ2n) is 4.78. The van der Waals surface area contributed by atoms with Crippen LogP contribution in [0.15, 0.2) is 24.3 Å². The first-order chi connectivity index (χ1) is 9.10. The number of carbonyl (C=O) groups excluding carboxylic acids is 2. The molecular formula is C14H18N2O3. The Bertz CT molecular complexity index is 487. The van der Waals surface area contributed by atoms with Crippen LogP contribution in [0.2, 0.25) is 0 Å². The number of likely N-dealkylation sites (tertiary alicyclic amines) is 1. The van der Waals surface area contributed by atoms with Crippen LogP contribution in [-0.4, -0.2) is 43.3 Å². The number of rotatable bonds is 5. The predicted octanol–water partition coefficient (Wildman–Crippen LogP) is 0.685. The van der Waals surface area contributed by atoms with E-state index in [1.165, 1.54) is 0 Å². The molecular weight excluding hydrogens is 244 g/mol. The van der Waals surface area contributed by atoms with Gasteiger partial charge in [0.2, 0.25) is 5.91 Å². The molecule has 1 unspecified atom stereocenters. The quantitative estimate of drug-likeness (QED) is 0.792. The van der Waals surface area contributed by atoms with E-state index in [9.17, 15) is 9.59 Å². The van der Waals surface area contributed by atoms with Crippen LogP contribution < -0.4 is 10.5 Å². The third kappa shape index (κ3) is 3.32. The minimum Gasteiger partial charge on any atom is -0.497 e. The summed E-state index contributed by atoms with van der Waals surface area (Å²) in [6, 6.07) is 7.09. The molecule has 102 valence electrons. The number of carbonyl (C=O) groups is 2. The van der Waals surface area contributed by atoms with Gasteiger partial charge in [0.05, 0.1) is 19.6 Å². The van der Waals surface area contributed by atoms with Crippen LogP contribution in [-0.2, 0) is 4.79 Å². The fourth-order valence-corrected chi connectivity index (χ4v) is 2.30. The van der Waals surface area contributed by atoms with Crippen LogP contribution >= 0.6 is 0 Å². The van der Waals surface area contributed by atoms with Gasteiger partial charge in [0.1, 0.15) is 5.75 Å². The van der Waals surface area contributed by atoms with Crippen molar-refractivity contribution in [3.05, 3.63) is 29.8 Å². The molecule has 0 radical (unpaired) electrons. The Kier molecular flexibility index (Phi) is 4.16. The Morgan fingerprint density at radius 3 is 2.89 bits per heavy atom. The Morgan fingerprint density at radius 2 is 2.26 bits per heavy atom. The summed E-state index contributed by atoms with van der Waals surface area (Å²) in [4.78, 5) is 25.2. The summed E-state index contributed by atoms with van der Waals surface area (Å²) in [6.07, 6.45) is 0.737. The number of benzene rings is 1. The van der Waals surface area contributed by atoms with Crippen molar-refractivity contribution in [2.75, 3.05) is 26.7 Å². The lowest BCUT2D eigenvalue weighted by Gasteiger charge is -2.14.